The zero-order chi connectivity index (χ0) is 9.97. The summed E-state index contributed by atoms with van der Waals surface area (Å²) >= 11 is 3.39. The van der Waals surface area contributed by atoms with Crippen LogP contribution in [0.15, 0.2) is 34.3 Å². The van der Waals surface area contributed by atoms with E-state index in [2.05, 4.69) is 31.1 Å². The molecule has 4 nitrogen and oxygen atoms in total. The van der Waals surface area contributed by atoms with Gasteiger partial charge in [0.25, 0.3) is 0 Å². The van der Waals surface area contributed by atoms with Crippen molar-refractivity contribution in [3.63, 3.8) is 0 Å². The van der Waals surface area contributed by atoms with E-state index < -0.39 is 0 Å². The SMILES string of the molecule is O=NCc1ccc(Br)c2cncnc12. The molecule has 0 spiro atoms. The summed E-state index contributed by atoms with van der Waals surface area (Å²) < 4.78 is 0.919. The van der Waals surface area contributed by atoms with Gasteiger partial charge in [-0.2, -0.15) is 4.91 Å². The molecule has 2 rings (SSSR count). The highest BCUT2D eigenvalue weighted by Gasteiger charge is 2.05. The van der Waals surface area contributed by atoms with Crippen LogP contribution in [-0.2, 0) is 6.54 Å². The Labute approximate surface area is 88.5 Å². The van der Waals surface area contributed by atoms with Gasteiger partial charge in [0.05, 0.1) is 5.52 Å². The molecule has 0 aliphatic carbocycles. The lowest BCUT2D eigenvalue weighted by Crippen LogP contribution is -1.89. The Balaban J connectivity index is 2.74. The van der Waals surface area contributed by atoms with Gasteiger partial charge in [-0.15, -0.1) is 0 Å². The second-order valence-electron chi connectivity index (χ2n) is 2.78. The van der Waals surface area contributed by atoms with E-state index in [0.29, 0.717) is 0 Å². The van der Waals surface area contributed by atoms with Crippen LogP contribution in [0.5, 0.6) is 0 Å². The number of nitroso groups, excluding NO2 is 1. The van der Waals surface area contributed by atoms with Crippen molar-refractivity contribution in [3.8, 4) is 0 Å². The maximum absolute atomic E-state index is 10.2. The molecule has 0 radical (unpaired) electrons. The summed E-state index contributed by atoms with van der Waals surface area (Å²) in [6.45, 7) is 0.140. The van der Waals surface area contributed by atoms with Crippen molar-refractivity contribution in [2.75, 3.05) is 0 Å². The lowest BCUT2D eigenvalue weighted by molar-refractivity contribution is 1.05. The first-order valence-corrected chi connectivity index (χ1v) is 4.78. The number of rotatable bonds is 2. The number of fused-ring (bicyclic) bond motifs is 1. The molecule has 1 aromatic carbocycles. The van der Waals surface area contributed by atoms with Gasteiger partial charge in [0.1, 0.15) is 12.9 Å². The monoisotopic (exact) mass is 251 g/mol. The maximum Gasteiger partial charge on any atom is 0.116 e. The number of hydrogen-bond acceptors (Lipinski definition) is 4. The van der Waals surface area contributed by atoms with E-state index in [1.807, 2.05) is 12.1 Å². The average Bonchev–Trinajstić information content (AvgIpc) is 2.23. The fourth-order valence-electron chi connectivity index (χ4n) is 1.30. The topological polar surface area (TPSA) is 55.2 Å². The van der Waals surface area contributed by atoms with E-state index in [1.54, 1.807) is 6.20 Å². The molecule has 0 N–H and O–H groups in total. The number of aromatic nitrogens is 2. The molecular weight excluding hydrogens is 246 g/mol. The molecule has 0 atom stereocenters. The first-order valence-electron chi connectivity index (χ1n) is 3.99. The molecule has 14 heavy (non-hydrogen) atoms. The van der Waals surface area contributed by atoms with Gasteiger partial charge >= 0.3 is 0 Å². The largest absolute Gasteiger partial charge is 0.244 e. The summed E-state index contributed by atoms with van der Waals surface area (Å²) in [7, 11) is 0. The molecule has 1 heterocycles. The van der Waals surface area contributed by atoms with Crippen LogP contribution in [0.4, 0.5) is 0 Å². The molecule has 5 heteroatoms. The summed E-state index contributed by atoms with van der Waals surface area (Å²) in [5.74, 6) is 0. The Bertz CT molecular complexity index is 486. The zero-order valence-corrected chi connectivity index (χ0v) is 8.73. The van der Waals surface area contributed by atoms with Crippen LogP contribution >= 0.6 is 15.9 Å². The van der Waals surface area contributed by atoms with Crippen LogP contribution in [0.1, 0.15) is 5.56 Å². The molecule has 0 saturated heterocycles. The summed E-state index contributed by atoms with van der Waals surface area (Å²) in [5.41, 5.74) is 1.59. The maximum atomic E-state index is 10.2. The van der Waals surface area contributed by atoms with E-state index in [0.717, 1.165) is 20.9 Å². The van der Waals surface area contributed by atoms with Crippen LogP contribution in [0.3, 0.4) is 0 Å². The van der Waals surface area contributed by atoms with Gasteiger partial charge in [0.2, 0.25) is 0 Å². The molecule has 0 saturated carbocycles. The van der Waals surface area contributed by atoms with Crippen molar-refractivity contribution in [3.05, 3.63) is 39.6 Å². The molecule has 1 aromatic heterocycles. The number of nitrogens with zero attached hydrogens (tertiary/aromatic N) is 3. The first kappa shape index (κ1) is 9.21. The van der Waals surface area contributed by atoms with Crippen molar-refractivity contribution in [2.24, 2.45) is 5.18 Å². The van der Waals surface area contributed by atoms with Gasteiger partial charge in [-0.05, 0) is 6.07 Å². The average molecular weight is 252 g/mol. The van der Waals surface area contributed by atoms with Gasteiger partial charge in [-0.1, -0.05) is 27.2 Å². The summed E-state index contributed by atoms with van der Waals surface area (Å²) in [4.78, 5) is 18.2. The van der Waals surface area contributed by atoms with Crippen LogP contribution < -0.4 is 0 Å². The van der Waals surface area contributed by atoms with Crippen LogP contribution in [0.2, 0.25) is 0 Å². The summed E-state index contributed by atoms with van der Waals surface area (Å²) in [6.07, 6.45) is 3.17. The number of halogens is 1. The second-order valence-corrected chi connectivity index (χ2v) is 3.63. The molecular formula is C9H6BrN3O. The van der Waals surface area contributed by atoms with E-state index >= 15 is 0 Å². The van der Waals surface area contributed by atoms with E-state index in [1.165, 1.54) is 6.33 Å². The summed E-state index contributed by atoms with van der Waals surface area (Å²) in [6, 6.07) is 3.70. The van der Waals surface area contributed by atoms with Crippen molar-refractivity contribution in [1.29, 1.82) is 0 Å². The van der Waals surface area contributed by atoms with Gasteiger partial charge in [0.15, 0.2) is 0 Å². The fourth-order valence-corrected chi connectivity index (χ4v) is 1.72. The lowest BCUT2D eigenvalue weighted by atomic mass is 10.1. The van der Waals surface area contributed by atoms with E-state index in [9.17, 15) is 4.91 Å². The van der Waals surface area contributed by atoms with Crippen LogP contribution in [-0.4, -0.2) is 9.97 Å². The molecule has 0 aliphatic rings. The Morgan fingerprint density at radius 2 is 2.29 bits per heavy atom. The Morgan fingerprint density at radius 1 is 1.43 bits per heavy atom. The van der Waals surface area contributed by atoms with E-state index in [4.69, 9.17) is 0 Å². The quantitative estimate of drug-likeness (QED) is 0.772. The minimum Gasteiger partial charge on any atom is -0.244 e. The third kappa shape index (κ3) is 1.50. The highest BCUT2D eigenvalue weighted by atomic mass is 79.9. The van der Waals surface area contributed by atoms with Crippen molar-refractivity contribution in [2.45, 2.75) is 6.54 Å². The molecule has 0 unspecified atom stereocenters. The molecule has 0 bridgehead atoms. The third-order valence-electron chi connectivity index (χ3n) is 1.94. The predicted molar refractivity (Wildman–Crippen MR) is 56.7 cm³/mol. The van der Waals surface area contributed by atoms with E-state index in [-0.39, 0.29) is 6.54 Å². The highest BCUT2D eigenvalue weighted by Crippen LogP contribution is 2.24. The standard InChI is InChI=1S/C9H6BrN3O/c10-8-2-1-6(3-13-14)9-7(8)4-11-5-12-9/h1-2,4-5H,3H2. The minimum atomic E-state index is 0.140. The predicted octanol–water partition coefficient (Wildman–Crippen LogP) is 2.66. The van der Waals surface area contributed by atoms with Crippen molar-refractivity contribution >= 4 is 26.8 Å². The second kappa shape index (κ2) is 3.79. The lowest BCUT2D eigenvalue weighted by Gasteiger charge is -2.02. The minimum absolute atomic E-state index is 0.140. The number of benzene rings is 1. The molecule has 0 fully saturated rings. The molecule has 70 valence electrons. The highest BCUT2D eigenvalue weighted by molar-refractivity contribution is 9.10. The van der Waals surface area contributed by atoms with Crippen LogP contribution in [0.25, 0.3) is 10.9 Å². The van der Waals surface area contributed by atoms with Gasteiger partial charge in [-0.3, -0.25) is 0 Å². The van der Waals surface area contributed by atoms with Gasteiger partial charge in [0, 0.05) is 21.6 Å². The Hall–Kier alpha value is -1.36. The molecule has 0 aliphatic heterocycles. The Morgan fingerprint density at radius 3 is 3.07 bits per heavy atom. The van der Waals surface area contributed by atoms with Gasteiger partial charge in [-0.25, -0.2) is 9.97 Å². The fraction of sp³-hybridized carbons (Fsp3) is 0.111. The van der Waals surface area contributed by atoms with Crippen molar-refractivity contribution in [1.82, 2.24) is 9.97 Å². The normalized spacial score (nSPS) is 10.4. The molecule has 2 aromatic rings. The van der Waals surface area contributed by atoms with Gasteiger partial charge < -0.3 is 0 Å². The van der Waals surface area contributed by atoms with Crippen LogP contribution in [0, 0.1) is 4.91 Å². The zero-order valence-electron chi connectivity index (χ0n) is 7.14. The third-order valence-corrected chi connectivity index (χ3v) is 2.63. The Kier molecular flexibility index (Phi) is 2.49. The summed E-state index contributed by atoms with van der Waals surface area (Å²) in [5, 5.41) is 3.76. The van der Waals surface area contributed by atoms with Crippen molar-refractivity contribution < 1.29 is 0 Å². The first-order chi connectivity index (χ1) is 6.83. The smallest absolute Gasteiger partial charge is 0.116 e. The number of hydrogen-bond donors (Lipinski definition) is 0. The molecule has 0 amide bonds.